The van der Waals surface area contributed by atoms with Gasteiger partial charge in [-0.05, 0) is 18.1 Å². The van der Waals surface area contributed by atoms with Crippen LogP contribution in [-0.4, -0.2) is 78.6 Å². The molecule has 25 heavy (non-hydrogen) atoms. The summed E-state index contributed by atoms with van der Waals surface area (Å²) in [6.45, 7) is 9.34. The molecule has 1 aromatic carbocycles. The van der Waals surface area contributed by atoms with Gasteiger partial charge in [0.2, 0.25) is 0 Å². The van der Waals surface area contributed by atoms with Gasteiger partial charge in [0.1, 0.15) is 18.5 Å². The SMILES string of the molecule is C=CCc1ccccc1OCC(O)CN1CCN(CCO)CC1.Cl.Cl. The molecular weight excluding hydrogens is 363 g/mol. The number of piperazine rings is 1. The van der Waals surface area contributed by atoms with Crippen LogP contribution in [0.2, 0.25) is 0 Å². The molecule has 144 valence electrons. The number of nitrogens with zero attached hydrogens (tertiary/aromatic N) is 2. The number of rotatable bonds is 9. The minimum Gasteiger partial charge on any atom is -0.491 e. The number of β-amino-alcohol motifs (C(OH)–C–C–N with tert-alkyl or cyclic N) is 2. The van der Waals surface area contributed by atoms with E-state index in [0.717, 1.165) is 50.5 Å². The first-order valence-corrected chi connectivity index (χ1v) is 8.28. The second-order valence-corrected chi connectivity index (χ2v) is 5.93. The highest BCUT2D eigenvalue weighted by Crippen LogP contribution is 2.19. The fourth-order valence-corrected chi connectivity index (χ4v) is 2.84. The zero-order valence-corrected chi connectivity index (χ0v) is 16.2. The maximum atomic E-state index is 10.2. The Morgan fingerprint density at radius 2 is 1.76 bits per heavy atom. The maximum Gasteiger partial charge on any atom is 0.122 e. The predicted molar refractivity (Wildman–Crippen MR) is 106 cm³/mol. The van der Waals surface area contributed by atoms with Gasteiger partial charge in [-0.1, -0.05) is 24.3 Å². The number of aliphatic hydroxyl groups is 2. The molecule has 0 aromatic heterocycles. The Balaban J connectivity index is 0.00000288. The average molecular weight is 393 g/mol. The van der Waals surface area contributed by atoms with Crippen LogP contribution in [0.3, 0.4) is 0 Å². The van der Waals surface area contributed by atoms with Gasteiger partial charge in [0.15, 0.2) is 0 Å². The molecule has 2 rings (SSSR count). The average Bonchev–Trinajstić information content (AvgIpc) is 2.56. The van der Waals surface area contributed by atoms with E-state index in [1.807, 2.05) is 30.3 Å². The quantitative estimate of drug-likeness (QED) is 0.625. The van der Waals surface area contributed by atoms with Crippen LogP contribution >= 0.6 is 24.8 Å². The first kappa shape index (κ1) is 24.2. The molecule has 2 N–H and O–H groups in total. The van der Waals surface area contributed by atoms with E-state index in [0.29, 0.717) is 13.2 Å². The lowest BCUT2D eigenvalue weighted by Crippen LogP contribution is -2.49. The molecule has 0 saturated carbocycles. The third-order valence-electron chi connectivity index (χ3n) is 4.12. The van der Waals surface area contributed by atoms with Gasteiger partial charge in [-0.3, -0.25) is 9.80 Å². The number of hydrogen-bond donors (Lipinski definition) is 2. The highest BCUT2D eigenvalue weighted by atomic mass is 35.5. The summed E-state index contributed by atoms with van der Waals surface area (Å²) < 4.78 is 5.78. The largest absolute Gasteiger partial charge is 0.491 e. The molecule has 1 heterocycles. The zero-order chi connectivity index (χ0) is 16.5. The van der Waals surface area contributed by atoms with Crippen LogP contribution in [0.1, 0.15) is 5.56 Å². The third-order valence-corrected chi connectivity index (χ3v) is 4.12. The van der Waals surface area contributed by atoms with Crippen molar-refractivity contribution in [3.05, 3.63) is 42.5 Å². The highest BCUT2D eigenvalue weighted by Gasteiger charge is 2.19. The smallest absolute Gasteiger partial charge is 0.122 e. The van der Waals surface area contributed by atoms with Gasteiger partial charge in [0, 0.05) is 39.3 Å². The molecule has 0 radical (unpaired) electrons. The van der Waals surface area contributed by atoms with Crippen molar-refractivity contribution >= 4 is 24.8 Å². The van der Waals surface area contributed by atoms with Crippen LogP contribution in [0.15, 0.2) is 36.9 Å². The van der Waals surface area contributed by atoms with E-state index in [9.17, 15) is 5.11 Å². The normalized spacial score (nSPS) is 16.4. The molecule has 1 fully saturated rings. The molecule has 7 heteroatoms. The topological polar surface area (TPSA) is 56.2 Å². The van der Waals surface area contributed by atoms with Crippen molar-refractivity contribution in [3.63, 3.8) is 0 Å². The Bertz CT molecular complexity index is 483. The highest BCUT2D eigenvalue weighted by molar-refractivity contribution is 5.85. The van der Waals surface area contributed by atoms with Gasteiger partial charge < -0.3 is 14.9 Å². The Kier molecular flexibility index (Phi) is 13.0. The number of hydrogen-bond acceptors (Lipinski definition) is 5. The summed E-state index contributed by atoms with van der Waals surface area (Å²) in [6.07, 6.45) is 2.11. The molecule has 1 aliphatic rings. The third kappa shape index (κ3) is 8.40. The lowest BCUT2D eigenvalue weighted by atomic mass is 10.1. The molecule has 0 aliphatic carbocycles. The molecule has 1 aromatic rings. The molecule has 1 unspecified atom stereocenters. The Morgan fingerprint density at radius 1 is 1.12 bits per heavy atom. The van der Waals surface area contributed by atoms with Gasteiger partial charge in [0.05, 0.1) is 6.61 Å². The summed E-state index contributed by atoms with van der Waals surface area (Å²) in [6, 6.07) is 7.87. The molecule has 0 amide bonds. The fraction of sp³-hybridized carbons (Fsp3) is 0.556. The summed E-state index contributed by atoms with van der Waals surface area (Å²) in [5.74, 6) is 0.819. The molecule has 5 nitrogen and oxygen atoms in total. The van der Waals surface area contributed by atoms with E-state index in [4.69, 9.17) is 9.84 Å². The number of allylic oxidation sites excluding steroid dienone is 1. The van der Waals surface area contributed by atoms with Gasteiger partial charge in [0.25, 0.3) is 0 Å². The van der Waals surface area contributed by atoms with E-state index < -0.39 is 6.10 Å². The van der Waals surface area contributed by atoms with Gasteiger partial charge in [-0.2, -0.15) is 0 Å². The number of para-hydroxylation sites is 1. The van der Waals surface area contributed by atoms with Crippen molar-refractivity contribution in [1.82, 2.24) is 9.80 Å². The van der Waals surface area contributed by atoms with Crippen molar-refractivity contribution in [3.8, 4) is 5.75 Å². The van der Waals surface area contributed by atoms with E-state index in [1.165, 1.54) is 0 Å². The number of halogens is 2. The minimum absolute atomic E-state index is 0. The van der Waals surface area contributed by atoms with Gasteiger partial charge >= 0.3 is 0 Å². The summed E-state index contributed by atoms with van der Waals surface area (Å²) in [5.41, 5.74) is 1.09. The van der Waals surface area contributed by atoms with Crippen LogP contribution < -0.4 is 4.74 Å². The lowest BCUT2D eigenvalue weighted by Gasteiger charge is -2.35. The minimum atomic E-state index is -0.504. The van der Waals surface area contributed by atoms with E-state index in [-0.39, 0.29) is 31.4 Å². The Morgan fingerprint density at radius 3 is 2.40 bits per heavy atom. The number of benzene rings is 1. The van der Waals surface area contributed by atoms with Crippen molar-refractivity contribution in [1.29, 1.82) is 0 Å². The van der Waals surface area contributed by atoms with Crippen molar-refractivity contribution in [2.24, 2.45) is 0 Å². The number of aliphatic hydroxyl groups excluding tert-OH is 2. The summed E-state index contributed by atoms with van der Waals surface area (Å²) >= 11 is 0. The van der Waals surface area contributed by atoms with Crippen LogP contribution in [0.5, 0.6) is 5.75 Å². The summed E-state index contributed by atoms with van der Waals surface area (Å²) in [7, 11) is 0. The van der Waals surface area contributed by atoms with Crippen LogP contribution in [0.4, 0.5) is 0 Å². The first-order valence-electron chi connectivity index (χ1n) is 8.28. The fourth-order valence-electron chi connectivity index (χ4n) is 2.84. The number of ether oxygens (including phenoxy) is 1. The molecule has 1 saturated heterocycles. The molecule has 1 atom stereocenters. The van der Waals surface area contributed by atoms with Crippen molar-refractivity contribution in [2.45, 2.75) is 12.5 Å². The molecule has 1 aliphatic heterocycles. The second-order valence-electron chi connectivity index (χ2n) is 5.93. The molecule has 0 spiro atoms. The first-order chi connectivity index (χ1) is 11.2. The van der Waals surface area contributed by atoms with Gasteiger partial charge in [-0.15, -0.1) is 31.4 Å². The second kappa shape index (κ2) is 13.4. The standard InChI is InChI=1S/C18H28N2O3.2ClH/c1-2-5-16-6-3-4-7-18(16)23-15-17(22)14-20-10-8-19(9-11-20)12-13-21;;/h2-4,6-7,17,21-22H,1,5,8-15H2;2*1H. The van der Waals surface area contributed by atoms with Crippen LogP contribution in [-0.2, 0) is 6.42 Å². The predicted octanol–water partition coefficient (Wildman–Crippen LogP) is 1.61. The van der Waals surface area contributed by atoms with E-state index >= 15 is 0 Å². The maximum absolute atomic E-state index is 10.2. The molecular formula is C18H30Cl2N2O3. The summed E-state index contributed by atoms with van der Waals surface area (Å²) in [5, 5.41) is 19.2. The van der Waals surface area contributed by atoms with Crippen LogP contribution in [0, 0.1) is 0 Å². The summed E-state index contributed by atoms with van der Waals surface area (Å²) in [4.78, 5) is 4.49. The van der Waals surface area contributed by atoms with E-state index in [1.54, 1.807) is 0 Å². The molecule has 0 bridgehead atoms. The lowest BCUT2D eigenvalue weighted by molar-refractivity contribution is 0.0427. The zero-order valence-electron chi connectivity index (χ0n) is 14.5. The Labute approximate surface area is 163 Å². The van der Waals surface area contributed by atoms with E-state index in [2.05, 4.69) is 16.4 Å². The van der Waals surface area contributed by atoms with Crippen molar-refractivity contribution in [2.75, 3.05) is 52.5 Å². The van der Waals surface area contributed by atoms with Crippen molar-refractivity contribution < 1.29 is 14.9 Å². The van der Waals surface area contributed by atoms with Crippen LogP contribution in [0.25, 0.3) is 0 Å². The Hall–Kier alpha value is -0.820. The monoisotopic (exact) mass is 392 g/mol. The van der Waals surface area contributed by atoms with Gasteiger partial charge in [-0.25, -0.2) is 0 Å².